The van der Waals surface area contributed by atoms with E-state index in [1.807, 2.05) is 11.8 Å². The molecular weight excluding hydrogens is 282 g/mol. The Morgan fingerprint density at radius 3 is 2.48 bits per heavy atom. The normalized spacial score (nSPS) is 23.3. The highest BCUT2D eigenvalue weighted by Gasteiger charge is 2.37. The second-order valence-electron chi connectivity index (χ2n) is 6.63. The van der Waals surface area contributed by atoms with E-state index in [1.54, 1.807) is 0 Å². The Kier molecular flexibility index (Phi) is 5.22. The summed E-state index contributed by atoms with van der Waals surface area (Å²) in [6, 6.07) is 0. The first-order valence-electron chi connectivity index (χ1n) is 8.47. The van der Waals surface area contributed by atoms with E-state index in [2.05, 4.69) is 5.16 Å². The van der Waals surface area contributed by atoms with Crippen molar-refractivity contribution in [2.45, 2.75) is 80.6 Å². The molecule has 0 spiro atoms. The van der Waals surface area contributed by atoms with E-state index in [9.17, 15) is 0 Å². The summed E-state index contributed by atoms with van der Waals surface area (Å²) >= 11 is 1.99. The highest BCUT2D eigenvalue weighted by Crippen LogP contribution is 2.37. The van der Waals surface area contributed by atoms with Gasteiger partial charge in [0.05, 0.1) is 11.2 Å². The Hall–Kier alpha value is -0.550. The smallest absolute Gasteiger partial charge is 0.234 e. The van der Waals surface area contributed by atoms with Gasteiger partial charge in [-0.05, 0) is 25.7 Å². The highest BCUT2D eigenvalue weighted by atomic mass is 32.2. The Morgan fingerprint density at radius 1 is 1.10 bits per heavy atom. The van der Waals surface area contributed by atoms with E-state index < -0.39 is 0 Å². The molecule has 1 aromatic heterocycles. The molecule has 0 aliphatic heterocycles. The molecule has 0 bridgehead atoms. The number of hydrogen-bond donors (Lipinski definition) is 1. The van der Waals surface area contributed by atoms with Gasteiger partial charge in [-0.2, -0.15) is 16.7 Å². The fourth-order valence-corrected chi connectivity index (χ4v) is 4.85. The maximum atomic E-state index is 6.09. The topological polar surface area (TPSA) is 64.9 Å². The molecule has 2 aliphatic carbocycles. The van der Waals surface area contributed by atoms with Crippen molar-refractivity contribution in [2.75, 3.05) is 6.54 Å². The molecule has 0 aromatic carbocycles. The second-order valence-corrected chi connectivity index (χ2v) is 7.92. The van der Waals surface area contributed by atoms with Gasteiger partial charge in [-0.1, -0.05) is 43.7 Å². The van der Waals surface area contributed by atoms with Crippen LogP contribution in [0.2, 0.25) is 0 Å². The van der Waals surface area contributed by atoms with E-state index in [4.69, 9.17) is 15.2 Å². The molecule has 4 nitrogen and oxygen atoms in total. The van der Waals surface area contributed by atoms with Crippen LogP contribution in [-0.2, 0) is 11.2 Å². The molecule has 0 unspecified atom stereocenters. The van der Waals surface area contributed by atoms with E-state index in [-0.39, 0.29) is 5.41 Å². The molecule has 118 valence electrons. The number of hydrogen-bond acceptors (Lipinski definition) is 5. The average molecular weight is 309 g/mol. The summed E-state index contributed by atoms with van der Waals surface area (Å²) in [5.41, 5.74) is 6.03. The summed E-state index contributed by atoms with van der Waals surface area (Å²) < 4.78 is 5.61. The average Bonchev–Trinajstić information content (AvgIpc) is 3.13. The molecule has 0 amide bonds. The molecule has 2 fully saturated rings. The summed E-state index contributed by atoms with van der Waals surface area (Å²) in [7, 11) is 0. The third kappa shape index (κ3) is 3.62. The number of nitrogens with zero attached hydrogens (tertiary/aromatic N) is 2. The van der Waals surface area contributed by atoms with Crippen molar-refractivity contribution in [1.29, 1.82) is 0 Å². The molecule has 2 aliphatic rings. The molecule has 1 aromatic rings. The summed E-state index contributed by atoms with van der Waals surface area (Å²) in [6.07, 6.45) is 12.7. The van der Waals surface area contributed by atoms with Crippen molar-refractivity contribution in [3.8, 4) is 0 Å². The van der Waals surface area contributed by atoms with Crippen molar-refractivity contribution in [3.63, 3.8) is 0 Å². The van der Waals surface area contributed by atoms with Crippen LogP contribution in [0.5, 0.6) is 0 Å². The van der Waals surface area contributed by atoms with Crippen molar-refractivity contribution < 1.29 is 4.52 Å². The molecular formula is C16H27N3OS. The third-order valence-electron chi connectivity index (χ3n) is 5.12. The van der Waals surface area contributed by atoms with Crippen LogP contribution in [0, 0.1) is 0 Å². The molecule has 21 heavy (non-hydrogen) atoms. The maximum absolute atomic E-state index is 6.09. The van der Waals surface area contributed by atoms with Gasteiger partial charge in [-0.25, -0.2) is 0 Å². The largest absolute Gasteiger partial charge is 0.339 e. The lowest BCUT2D eigenvalue weighted by Crippen LogP contribution is -2.35. The molecule has 0 saturated heterocycles. The Morgan fingerprint density at radius 2 is 1.81 bits per heavy atom. The molecule has 5 heteroatoms. The SMILES string of the molecule is NCC1(c2nc(CSC3CCCC3)no2)CCCCCC1. The molecule has 2 N–H and O–H groups in total. The van der Waals surface area contributed by atoms with Gasteiger partial charge in [0.15, 0.2) is 5.82 Å². The van der Waals surface area contributed by atoms with Gasteiger partial charge >= 0.3 is 0 Å². The van der Waals surface area contributed by atoms with E-state index >= 15 is 0 Å². The molecule has 0 atom stereocenters. The van der Waals surface area contributed by atoms with E-state index in [0.29, 0.717) is 6.54 Å². The van der Waals surface area contributed by atoms with Crippen LogP contribution in [0.3, 0.4) is 0 Å². The van der Waals surface area contributed by atoms with Gasteiger partial charge < -0.3 is 10.3 Å². The molecule has 1 heterocycles. The fourth-order valence-electron chi connectivity index (χ4n) is 3.69. The summed E-state index contributed by atoms with van der Waals surface area (Å²) in [5.74, 6) is 2.54. The number of nitrogens with two attached hydrogens (primary N) is 1. The number of aromatic nitrogens is 2. The fraction of sp³-hybridized carbons (Fsp3) is 0.875. The number of rotatable bonds is 5. The summed E-state index contributed by atoms with van der Waals surface area (Å²) in [6.45, 7) is 0.629. The number of thioether (sulfide) groups is 1. The zero-order valence-electron chi connectivity index (χ0n) is 12.9. The lowest BCUT2D eigenvalue weighted by Gasteiger charge is -2.26. The van der Waals surface area contributed by atoms with Crippen LogP contribution in [0.1, 0.15) is 75.9 Å². The predicted molar refractivity (Wildman–Crippen MR) is 86.3 cm³/mol. The van der Waals surface area contributed by atoms with Crippen molar-refractivity contribution >= 4 is 11.8 Å². The van der Waals surface area contributed by atoms with Crippen LogP contribution < -0.4 is 5.73 Å². The van der Waals surface area contributed by atoms with Gasteiger partial charge in [-0.3, -0.25) is 0 Å². The first-order valence-corrected chi connectivity index (χ1v) is 9.52. The van der Waals surface area contributed by atoms with E-state index in [0.717, 1.165) is 35.6 Å². The monoisotopic (exact) mass is 309 g/mol. The minimum absolute atomic E-state index is 0.0558. The van der Waals surface area contributed by atoms with Gasteiger partial charge in [0, 0.05) is 11.8 Å². The Balaban J connectivity index is 1.64. The van der Waals surface area contributed by atoms with Crippen molar-refractivity contribution in [1.82, 2.24) is 10.1 Å². The lowest BCUT2D eigenvalue weighted by atomic mass is 9.80. The van der Waals surface area contributed by atoms with Gasteiger partial charge in [0.25, 0.3) is 0 Å². The minimum atomic E-state index is -0.0558. The van der Waals surface area contributed by atoms with Crippen LogP contribution in [0.25, 0.3) is 0 Å². The quantitative estimate of drug-likeness (QED) is 0.838. The molecule has 2 saturated carbocycles. The van der Waals surface area contributed by atoms with Crippen LogP contribution in [-0.4, -0.2) is 21.9 Å². The minimum Gasteiger partial charge on any atom is -0.339 e. The maximum Gasteiger partial charge on any atom is 0.234 e. The standard InChI is InChI=1S/C16H27N3OS/c17-12-16(9-5-1-2-6-10-16)15-18-14(19-20-15)11-21-13-7-3-4-8-13/h13H,1-12,17H2. The second kappa shape index (κ2) is 7.14. The zero-order valence-corrected chi connectivity index (χ0v) is 13.7. The van der Waals surface area contributed by atoms with Crippen molar-refractivity contribution in [2.24, 2.45) is 5.73 Å². The van der Waals surface area contributed by atoms with Gasteiger partial charge in [0.1, 0.15) is 0 Å². The predicted octanol–water partition coefficient (Wildman–Crippen LogP) is 3.80. The molecule has 3 rings (SSSR count). The van der Waals surface area contributed by atoms with Crippen molar-refractivity contribution in [3.05, 3.63) is 11.7 Å². The highest BCUT2D eigenvalue weighted by molar-refractivity contribution is 7.99. The Labute approximate surface area is 131 Å². The summed E-state index contributed by atoms with van der Waals surface area (Å²) in [5, 5.41) is 5.01. The van der Waals surface area contributed by atoms with E-state index in [1.165, 1.54) is 51.4 Å². The Bertz CT molecular complexity index is 434. The summed E-state index contributed by atoms with van der Waals surface area (Å²) in [4.78, 5) is 4.70. The lowest BCUT2D eigenvalue weighted by molar-refractivity contribution is 0.256. The molecule has 0 radical (unpaired) electrons. The first-order chi connectivity index (χ1) is 10.3. The van der Waals surface area contributed by atoms with Gasteiger partial charge in [0.2, 0.25) is 5.89 Å². The van der Waals surface area contributed by atoms with Gasteiger partial charge in [-0.15, -0.1) is 0 Å². The van der Waals surface area contributed by atoms with Crippen LogP contribution in [0.4, 0.5) is 0 Å². The van der Waals surface area contributed by atoms with Crippen LogP contribution in [0.15, 0.2) is 4.52 Å². The first kappa shape index (κ1) is 15.3. The van der Waals surface area contributed by atoms with Crippen LogP contribution >= 0.6 is 11.8 Å². The third-order valence-corrected chi connectivity index (χ3v) is 6.49. The zero-order chi connectivity index (χ0) is 14.5.